The van der Waals surface area contributed by atoms with Gasteiger partial charge in [-0.25, -0.2) is 0 Å². The van der Waals surface area contributed by atoms with E-state index in [1.54, 1.807) is 0 Å². The summed E-state index contributed by atoms with van der Waals surface area (Å²) in [6, 6.07) is -0.827. The quantitative estimate of drug-likeness (QED) is 0.721. The van der Waals surface area contributed by atoms with Crippen LogP contribution in [0.2, 0.25) is 0 Å². The van der Waals surface area contributed by atoms with Crippen LogP contribution in [-0.4, -0.2) is 41.0 Å². The Bertz CT molecular complexity index is 336. The van der Waals surface area contributed by atoms with Gasteiger partial charge < -0.3 is 10.8 Å². The first kappa shape index (κ1) is 19.9. The minimum absolute atomic E-state index is 0.121. The maximum absolute atomic E-state index is 11.5. The third kappa shape index (κ3) is 10.3. The van der Waals surface area contributed by atoms with Crippen LogP contribution in [0, 0.1) is 10.8 Å². The number of nitrogens with two attached hydrogens (primary N) is 1. The number of hydrogen-bond acceptors (Lipinski definition) is 3. The van der Waals surface area contributed by atoms with Crippen LogP contribution < -0.4 is 5.73 Å². The summed E-state index contributed by atoms with van der Waals surface area (Å²) in [4.78, 5) is 24.5. The van der Waals surface area contributed by atoms with E-state index in [1.807, 2.05) is 4.90 Å². The van der Waals surface area contributed by atoms with Crippen molar-refractivity contribution in [2.45, 2.75) is 66.8 Å². The molecular weight excluding hydrogens is 268 g/mol. The molecule has 0 aliphatic rings. The number of aliphatic carboxylic acids is 1. The van der Waals surface area contributed by atoms with Crippen molar-refractivity contribution in [1.29, 1.82) is 0 Å². The van der Waals surface area contributed by atoms with E-state index < -0.39 is 17.9 Å². The van der Waals surface area contributed by atoms with Crippen molar-refractivity contribution < 1.29 is 14.7 Å². The summed E-state index contributed by atoms with van der Waals surface area (Å²) in [7, 11) is 0. The zero-order valence-electron chi connectivity index (χ0n) is 14.4. The van der Waals surface area contributed by atoms with Crippen LogP contribution >= 0.6 is 0 Å². The summed E-state index contributed by atoms with van der Waals surface area (Å²) in [5, 5.41) is 9.40. The van der Waals surface area contributed by atoms with Crippen LogP contribution in [0.1, 0.15) is 60.8 Å². The van der Waals surface area contributed by atoms with Crippen molar-refractivity contribution in [3.63, 3.8) is 0 Å². The molecule has 0 aromatic heterocycles. The van der Waals surface area contributed by atoms with E-state index in [9.17, 15) is 14.7 Å². The normalized spacial score (nSPS) is 14.2. The summed E-state index contributed by atoms with van der Waals surface area (Å²) < 4.78 is 0. The second kappa shape index (κ2) is 7.78. The van der Waals surface area contributed by atoms with E-state index in [1.165, 1.54) is 0 Å². The monoisotopic (exact) mass is 300 g/mol. The van der Waals surface area contributed by atoms with Crippen molar-refractivity contribution in [1.82, 2.24) is 4.90 Å². The Balaban J connectivity index is 4.96. The molecule has 1 amide bonds. The molecule has 0 fully saturated rings. The molecule has 0 aliphatic carbocycles. The molecule has 1 atom stereocenters. The minimum Gasteiger partial charge on any atom is -0.480 e. The Morgan fingerprint density at radius 1 is 1.00 bits per heavy atom. The van der Waals surface area contributed by atoms with E-state index in [0.29, 0.717) is 13.1 Å². The number of primary amides is 1. The number of carbonyl (C=O) groups excluding carboxylic acids is 1. The first-order valence-electron chi connectivity index (χ1n) is 7.57. The van der Waals surface area contributed by atoms with Gasteiger partial charge in [0.15, 0.2) is 0 Å². The van der Waals surface area contributed by atoms with Crippen LogP contribution in [0.15, 0.2) is 0 Å². The molecule has 0 unspecified atom stereocenters. The fraction of sp³-hybridized carbons (Fsp3) is 0.875. The Labute approximate surface area is 128 Å². The lowest BCUT2D eigenvalue weighted by atomic mass is 9.90. The smallest absolute Gasteiger partial charge is 0.321 e. The molecule has 0 rings (SSSR count). The van der Waals surface area contributed by atoms with Gasteiger partial charge in [0.1, 0.15) is 6.04 Å². The first-order valence-corrected chi connectivity index (χ1v) is 7.57. The molecule has 0 aromatic rings. The maximum atomic E-state index is 11.5. The van der Waals surface area contributed by atoms with Crippen molar-refractivity contribution in [3.05, 3.63) is 0 Å². The lowest BCUT2D eigenvalue weighted by Crippen LogP contribution is -2.46. The molecule has 0 spiro atoms. The molecular formula is C16H32N2O3. The summed E-state index contributed by atoms with van der Waals surface area (Å²) in [5.74, 6) is -1.55. The van der Waals surface area contributed by atoms with E-state index in [2.05, 4.69) is 41.5 Å². The molecule has 5 nitrogen and oxygen atoms in total. The molecule has 3 N–H and O–H groups in total. The molecule has 0 radical (unpaired) electrons. The molecule has 0 saturated heterocycles. The zero-order chi connectivity index (χ0) is 16.8. The van der Waals surface area contributed by atoms with Gasteiger partial charge in [-0.15, -0.1) is 0 Å². The van der Waals surface area contributed by atoms with Crippen LogP contribution in [-0.2, 0) is 9.59 Å². The SMILES string of the molecule is CC(C)(C)CCN(CCC(C)(C)C)[C@@H](CC(N)=O)C(=O)O. The Morgan fingerprint density at radius 3 is 1.62 bits per heavy atom. The van der Waals surface area contributed by atoms with Crippen molar-refractivity contribution in [2.24, 2.45) is 16.6 Å². The molecule has 0 aromatic carbocycles. The van der Waals surface area contributed by atoms with Gasteiger partial charge in [0.05, 0.1) is 6.42 Å². The van der Waals surface area contributed by atoms with Crippen LogP contribution in [0.25, 0.3) is 0 Å². The highest BCUT2D eigenvalue weighted by atomic mass is 16.4. The number of amides is 1. The van der Waals surface area contributed by atoms with Crippen molar-refractivity contribution >= 4 is 11.9 Å². The summed E-state index contributed by atoms with van der Waals surface area (Å²) in [6.07, 6.45) is 1.61. The average molecular weight is 300 g/mol. The predicted octanol–water partition coefficient (Wildman–Crippen LogP) is 2.49. The number of rotatable bonds is 8. The van der Waals surface area contributed by atoms with Gasteiger partial charge in [0.2, 0.25) is 5.91 Å². The lowest BCUT2D eigenvalue weighted by Gasteiger charge is -2.33. The predicted molar refractivity (Wildman–Crippen MR) is 85.0 cm³/mol. The number of carboxylic acid groups (broad SMARTS) is 1. The first-order chi connectivity index (χ1) is 9.32. The van der Waals surface area contributed by atoms with E-state index >= 15 is 0 Å². The molecule has 0 bridgehead atoms. The largest absolute Gasteiger partial charge is 0.480 e. The Kier molecular flexibility index (Phi) is 7.37. The standard InChI is InChI=1S/C16H32N2O3/c1-15(2,3)7-9-18(10-8-16(4,5)6)12(14(20)21)11-13(17)19/h12H,7-11H2,1-6H3,(H2,17,19)(H,20,21)/t12-/m0/s1. The third-order valence-corrected chi connectivity index (χ3v) is 3.42. The molecule has 124 valence electrons. The summed E-state index contributed by atoms with van der Waals surface area (Å²) in [6.45, 7) is 14.1. The topological polar surface area (TPSA) is 83.6 Å². The summed E-state index contributed by atoms with van der Waals surface area (Å²) in [5.41, 5.74) is 5.45. The van der Waals surface area contributed by atoms with Crippen LogP contribution in [0.5, 0.6) is 0 Å². The fourth-order valence-corrected chi connectivity index (χ4v) is 1.94. The number of nitrogens with zero attached hydrogens (tertiary/aromatic N) is 1. The molecule has 0 aliphatic heterocycles. The zero-order valence-corrected chi connectivity index (χ0v) is 14.4. The Morgan fingerprint density at radius 2 is 1.38 bits per heavy atom. The highest BCUT2D eigenvalue weighted by Gasteiger charge is 2.29. The summed E-state index contributed by atoms with van der Waals surface area (Å²) >= 11 is 0. The fourth-order valence-electron chi connectivity index (χ4n) is 1.94. The second-order valence-corrected chi connectivity index (χ2v) is 8.18. The Hall–Kier alpha value is -1.10. The van der Waals surface area contributed by atoms with Gasteiger partial charge in [-0.3, -0.25) is 14.5 Å². The van der Waals surface area contributed by atoms with Crippen LogP contribution in [0.3, 0.4) is 0 Å². The maximum Gasteiger partial charge on any atom is 0.321 e. The van der Waals surface area contributed by atoms with Gasteiger partial charge in [0.25, 0.3) is 0 Å². The lowest BCUT2D eigenvalue weighted by molar-refractivity contribution is -0.145. The minimum atomic E-state index is -0.975. The molecule has 21 heavy (non-hydrogen) atoms. The van der Waals surface area contributed by atoms with E-state index in [0.717, 1.165) is 12.8 Å². The van der Waals surface area contributed by atoms with Crippen molar-refractivity contribution in [2.75, 3.05) is 13.1 Å². The van der Waals surface area contributed by atoms with Gasteiger partial charge in [-0.2, -0.15) is 0 Å². The van der Waals surface area contributed by atoms with Crippen LogP contribution in [0.4, 0.5) is 0 Å². The van der Waals surface area contributed by atoms with E-state index in [-0.39, 0.29) is 17.3 Å². The van der Waals surface area contributed by atoms with Crippen molar-refractivity contribution in [3.8, 4) is 0 Å². The van der Waals surface area contributed by atoms with E-state index in [4.69, 9.17) is 5.73 Å². The third-order valence-electron chi connectivity index (χ3n) is 3.42. The highest BCUT2D eigenvalue weighted by Crippen LogP contribution is 2.23. The van der Waals surface area contributed by atoms with Gasteiger partial charge in [-0.1, -0.05) is 41.5 Å². The van der Waals surface area contributed by atoms with Gasteiger partial charge in [-0.05, 0) is 36.8 Å². The molecule has 0 saturated carbocycles. The number of hydrogen-bond donors (Lipinski definition) is 2. The highest BCUT2D eigenvalue weighted by molar-refractivity contribution is 5.83. The second-order valence-electron chi connectivity index (χ2n) is 8.18. The number of carbonyl (C=O) groups is 2. The average Bonchev–Trinajstić information content (AvgIpc) is 2.23. The van der Waals surface area contributed by atoms with Gasteiger partial charge in [0, 0.05) is 0 Å². The molecule has 0 heterocycles. The number of carboxylic acids is 1. The molecule has 5 heteroatoms. The van der Waals surface area contributed by atoms with Gasteiger partial charge >= 0.3 is 5.97 Å².